The van der Waals surface area contributed by atoms with Crippen LogP contribution in [-0.4, -0.2) is 12.5 Å². The van der Waals surface area contributed by atoms with Crippen molar-refractivity contribution in [1.82, 2.24) is 5.32 Å². The van der Waals surface area contributed by atoms with E-state index in [1.807, 2.05) is 6.07 Å². The smallest absolute Gasteiger partial charge is 0.234 e. The molecule has 0 heterocycles. The highest BCUT2D eigenvalue weighted by Gasteiger charge is 2.40. The summed E-state index contributed by atoms with van der Waals surface area (Å²) in [5, 5.41) is 11.0. The summed E-state index contributed by atoms with van der Waals surface area (Å²) in [6.07, 6.45) is 3.55. The van der Waals surface area contributed by atoms with Crippen LogP contribution in [0.2, 0.25) is 0 Å². The number of carbonyl (C=O) groups is 1. The van der Waals surface area contributed by atoms with Crippen LogP contribution in [0.25, 0.3) is 0 Å². The van der Waals surface area contributed by atoms with Crippen molar-refractivity contribution < 1.29 is 4.79 Å². The van der Waals surface area contributed by atoms with Gasteiger partial charge in [0.05, 0.1) is 6.07 Å². The van der Waals surface area contributed by atoms with E-state index in [4.69, 9.17) is 5.26 Å². The van der Waals surface area contributed by atoms with Crippen molar-refractivity contribution >= 4 is 5.91 Å². The van der Waals surface area contributed by atoms with Gasteiger partial charge < -0.3 is 5.32 Å². The van der Waals surface area contributed by atoms with E-state index in [0.29, 0.717) is 5.41 Å². The molecule has 0 radical (unpaired) electrons. The number of rotatable bonds is 4. The Hall–Kier alpha value is -1.04. The molecule has 12 heavy (non-hydrogen) atoms. The summed E-state index contributed by atoms with van der Waals surface area (Å²) >= 11 is 0. The molecule has 0 unspecified atom stereocenters. The molecule has 3 heteroatoms. The average molecular weight is 166 g/mol. The highest BCUT2D eigenvalue weighted by atomic mass is 16.1. The van der Waals surface area contributed by atoms with Gasteiger partial charge in [-0.15, -0.1) is 0 Å². The Morgan fingerprint density at radius 3 is 2.75 bits per heavy atom. The Bertz CT molecular complexity index is 213. The molecule has 0 aromatic rings. The van der Waals surface area contributed by atoms with Crippen LogP contribution in [0, 0.1) is 16.7 Å². The number of nitrogens with one attached hydrogen (secondary N) is 1. The van der Waals surface area contributed by atoms with Gasteiger partial charge in [0.2, 0.25) is 5.91 Å². The third kappa shape index (κ3) is 2.23. The van der Waals surface area contributed by atoms with E-state index in [2.05, 4.69) is 12.2 Å². The van der Waals surface area contributed by atoms with Gasteiger partial charge >= 0.3 is 0 Å². The average Bonchev–Trinajstić information content (AvgIpc) is 2.82. The molecule has 0 spiro atoms. The molecule has 1 rings (SSSR count). The molecular formula is C9H14N2O. The summed E-state index contributed by atoms with van der Waals surface area (Å²) in [4.78, 5) is 10.9. The zero-order valence-electron chi connectivity index (χ0n) is 7.39. The van der Waals surface area contributed by atoms with Gasteiger partial charge in [0.15, 0.2) is 0 Å². The highest BCUT2D eigenvalue weighted by Crippen LogP contribution is 2.47. The molecule has 0 saturated heterocycles. The molecule has 1 aliphatic carbocycles. The van der Waals surface area contributed by atoms with Crippen LogP contribution in [0.1, 0.15) is 32.6 Å². The van der Waals surface area contributed by atoms with E-state index in [9.17, 15) is 4.79 Å². The molecule has 1 fully saturated rings. The minimum Gasteiger partial charge on any atom is -0.355 e. The lowest BCUT2D eigenvalue weighted by atomic mass is 10.0. The van der Waals surface area contributed by atoms with Gasteiger partial charge in [-0.3, -0.25) is 4.79 Å². The van der Waals surface area contributed by atoms with Crippen LogP contribution in [0.5, 0.6) is 0 Å². The zero-order valence-corrected chi connectivity index (χ0v) is 7.39. The van der Waals surface area contributed by atoms with Crippen LogP contribution in [0.3, 0.4) is 0 Å². The highest BCUT2D eigenvalue weighted by molar-refractivity contribution is 5.78. The van der Waals surface area contributed by atoms with Gasteiger partial charge in [0.25, 0.3) is 0 Å². The standard InChI is InChI=1S/C9H14N2O/c1-2-9(4-5-9)7-11-8(12)3-6-10/h2-5,7H2,1H3,(H,11,12). The normalized spacial score (nSPS) is 18.0. The van der Waals surface area contributed by atoms with Gasteiger partial charge in [-0.2, -0.15) is 5.26 Å². The number of amides is 1. The molecular weight excluding hydrogens is 152 g/mol. The summed E-state index contributed by atoms with van der Waals surface area (Å²) in [6, 6.07) is 1.83. The van der Waals surface area contributed by atoms with Crippen LogP contribution in [-0.2, 0) is 4.79 Å². The SMILES string of the molecule is CCC1(CNC(=O)CC#N)CC1. The first-order valence-electron chi connectivity index (χ1n) is 4.36. The summed E-state index contributed by atoms with van der Waals surface area (Å²) in [5.74, 6) is -0.141. The maximum absolute atomic E-state index is 10.9. The molecule has 3 nitrogen and oxygen atoms in total. The Kier molecular flexibility index (Phi) is 2.69. The van der Waals surface area contributed by atoms with Gasteiger partial charge in [-0.05, 0) is 24.7 Å². The topological polar surface area (TPSA) is 52.9 Å². The van der Waals surface area contributed by atoms with Crippen LogP contribution in [0.15, 0.2) is 0 Å². The molecule has 66 valence electrons. The Morgan fingerprint density at radius 2 is 2.33 bits per heavy atom. The lowest BCUT2D eigenvalue weighted by Crippen LogP contribution is -2.29. The van der Waals surface area contributed by atoms with Crippen molar-refractivity contribution in [1.29, 1.82) is 5.26 Å². The molecule has 0 aromatic heterocycles. The summed E-state index contributed by atoms with van der Waals surface area (Å²) in [7, 11) is 0. The fourth-order valence-electron chi connectivity index (χ4n) is 1.25. The van der Waals surface area contributed by atoms with Gasteiger partial charge in [-0.25, -0.2) is 0 Å². The van der Waals surface area contributed by atoms with Crippen molar-refractivity contribution in [3.05, 3.63) is 0 Å². The van der Waals surface area contributed by atoms with Crippen LogP contribution >= 0.6 is 0 Å². The minimum absolute atomic E-state index is 0.0141. The van der Waals surface area contributed by atoms with E-state index in [0.717, 1.165) is 13.0 Å². The van der Waals surface area contributed by atoms with Crippen LogP contribution in [0.4, 0.5) is 0 Å². The largest absolute Gasteiger partial charge is 0.355 e. The Morgan fingerprint density at radius 1 is 1.67 bits per heavy atom. The van der Waals surface area contributed by atoms with Crippen molar-refractivity contribution in [3.8, 4) is 6.07 Å². The molecule has 1 saturated carbocycles. The number of carbonyl (C=O) groups excluding carboxylic acids is 1. The van der Waals surface area contributed by atoms with E-state index in [1.165, 1.54) is 12.8 Å². The molecule has 0 aromatic carbocycles. The fourth-order valence-corrected chi connectivity index (χ4v) is 1.25. The monoisotopic (exact) mass is 166 g/mol. The lowest BCUT2D eigenvalue weighted by Gasteiger charge is -2.11. The van der Waals surface area contributed by atoms with Crippen molar-refractivity contribution in [3.63, 3.8) is 0 Å². The first kappa shape index (κ1) is 9.05. The van der Waals surface area contributed by atoms with E-state index in [1.54, 1.807) is 0 Å². The first-order valence-corrected chi connectivity index (χ1v) is 4.36. The molecule has 1 N–H and O–H groups in total. The second kappa shape index (κ2) is 3.57. The minimum atomic E-state index is -0.141. The second-order valence-electron chi connectivity index (χ2n) is 3.47. The van der Waals surface area contributed by atoms with Gasteiger partial charge in [0.1, 0.15) is 6.42 Å². The summed E-state index contributed by atoms with van der Waals surface area (Å²) in [6.45, 7) is 2.90. The Labute approximate surface area is 72.8 Å². The number of nitrogens with zero attached hydrogens (tertiary/aromatic N) is 1. The van der Waals surface area contributed by atoms with Crippen molar-refractivity contribution in [2.75, 3.05) is 6.54 Å². The van der Waals surface area contributed by atoms with E-state index in [-0.39, 0.29) is 12.3 Å². The first-order chi connectivity index (χ1) is 5.72. The lowest BCUT2D eigenvalue weighted by molar-refractivity contribution is -0.120. The Balaban J connectivity index is 2.18. The molecule has 1 aliphatic rings. The molecule has 0 aliphatic heterocycles. The maximum atomic E-state index is 10.9. The summed E-state index contributed by atoms with van der Waals surface area (Å²) < 4.78 is 0. The number of nitriles is 1. The van der Waals surface area contributed by atoms with E-state index >= 15 is 0 Å². The quantitative estimate of drug-likeness (QED) is 0.682. The predicted molar refractivity (Wildman–Crippen MR) is 45.2 cm³/mol. The summed E-state index contributed by atoms with van der Waals surface area (Å²) in [5.41, 5.74) is 0.380. The predicted octanol–water partition coefficient (Wildman–Crippen LogP) is 1.21. The van der Waals surface area contributed by atoms with Gasteiger partial charge in [-0.1, -0.05) is 6.92 Å². The van der Waals surface area contributed by atoms with Gasteiger partial charge in [0, 0.05) is 6.54 Å². The molecule has 0 bridgehead atoms. The van der Waals surface area contributed by atoms with Crippen molar-refractivity contribution in [2.24, 2.45) is 5.41 Å². The van der Waals surface area contributed by atoms with Crippen molar-refractivity contribution in [2.45, 2.75) is 32.6 Å². The number of hydrogen-bond donors (Lipinski definition) is 1. The van der Waals surface area contributed by atoms with Crippen LogP contribution < -0.4 is 5.32 Å². The third-order valence-corrected chi connectivity index (χ3v) is 2.61. The molecule has 1 amide bonds. The second-order valence-corrected chi connectivity index (χ2v) is 3.47. The fraction of sp³-hybridized carbons (Fsp3) is 0.778. The number of hydrogen-bond acceptors (Lipinski definition) is 2. The maximum Gasteiger partial charge on any atom is 0.234 e. The third-order valence-electron chi connectivity index (χ3n) is 2.61. The molecule has 0 atom stereocenters. The van der Waals surface area contributed by atoms with E-state index < -0.39 is 0 Å². The zero-order chi connectivity index (χ0) is 9.03.